The summed E-state index contributed by atoms with van der Waals surface area (Å²) >= 11 is 7.29. The van der Waals surface area contributed by atoms with Gasteiger partial charge in [-0.05, 0) is 34.0 Å². The topological polar surface area (TPSA) is 220 Å². The molecule has 4 aromatic heterocycles. The van der Waals surface area contributed by atoms with Crippen LogP contribution < -0.4 is 5.73 Å². The summed E-state index contributed by atoms with van der Waals surface area (Å²) in [6.45, 7) is -0.426. The van der Waals surface area contributed by atoms with Crippen molar-refractivity contribution < 1.29 is 29.6 Å². The number of hydrogen-bond acceptors (Lipinski definition) is 13. The number of tetrazole rings is 1. The van der Waals surface area contributed by atoms with E-state index >= 15 is 0 Å². The van der Waals surface area contributed by atoms with Gasteiger partial charge in [0.2, 0.25) is 16.7 Å². The lowest BCUT2D eigenvalue weighted by molar-refractivity contribution is -0.177. The summed E-state index contributed by atoms with van der Waals surface area (Å²) in [7, 11) is 0. The van der Waals surface area contributed by atoms with Crippen LogP contribution in [0.5, 0.6) is 0 Å². The second-order valence-electron chi connectivity index (χ2n) is 7.74. The Morgan fingerprint density at radius 2 is 2.20 bits per heavy atom. The largest absolute Gasteiger partial charge is 0.479 e. The molecule has 6 N–H and O–H groups in total. The first-order chi connectivity index (χ1) is 16.8. The molecule has 0 aliphatic carbocycles. The molecule has 5 rings (SSSR count). The van der Waals surface area contributed by atoms with Gasteiger partial charge in [-0.2, -0.15) is 26.5 Å². The molecule has 1 unspecified atom stereocenters. The van der Waals surface area contributed by atoms with Gasteiger partial charge in [-0.3, -0.25) is 4.57 Å². The van der Waals surface area contributed by atoms with Crippen molar-refractivity contribution in [3.8, 4) is 0 Å². The summed E-state index contributed by atoms with van der Waals surface area (Å²) in [6, 6.07) is 1.75. The molecule has 184 valence electrons. The monoisotopic (exact) mass is 523 g/mol. The number of ether oxygens (including phenoxy) is 2. The number of aromatic amines is 1. The average Bonchev–Trinajstić information content (AvgIpc) is 3.61. The molecule has 4 aromatic rings. The number of halogens is 1. The Bertz CT molecular complexity index is 1340. The molecule has 5 heterocycles. The van der Waals surface area contributed by atoms with Crippen LogP contribution in [-0.4, -0.2) is 86.4 Å². The number of anilines is 1. The van der Waals surface area contributed by atoms with Gasteiger partial charge in [0.05, 0.1) is 12.9 Å². The number of aromatic nitrogens is 8. The Kier molecular flexibility index (Phi) is 6.07. The third-order valence-electron chi connectivity index (χ3n) is 5.61. The highest BCUT2D eigenvalue weighted by molar-refractivity contribution is 7.07. The van der Waals surface area contributed by atoms with Crippen molar-refractivity contribution in [3.05, 3.63) is 39.8 Å². The fraction of sp³-hybridized carbons (Fsp3) is 0.389. The molecule has 17 heteroatoms. The zero-order valence-corrected chi connectivity index (χ0v) is 19.2. The molecule has 5 atom stereocenters. The molecule has 0 spiro atoms. The highest BCUT2D eigenvalue weighted by Gasteiger charge is 2.50. The third-order valence-corrected chi connectivity index (χ3v) is 6.51. The molecule has 0 aromatic carbocycles. The number of fused-ring (bicyclic) bond motifs is 1. The predicted molar refractivity (Wildman–Crippen MR) is 118 cm³/mol. The first-order valence-corrected chi connectivity index (χ1v) is 11.4. The molecule has 1 saturated heterocycles. The van der Waals surface area contributed by atoms with E-state index in [4.69, 9.17) is 26.8 Å². The number of nitrogens with zero attached hydrogens (tertiary/aromatic N) is 7. The van der Waals surface area contributed by atoms with Crippen LogP contribution in [0.1, 0.15) is 17.6 Å². The van der Waals surface area contributed by atoms with E-state index in [1.807, 2.05) is 0 Å². The maximum Gasteiger partial charge on any atom is 0.344 e. The van der Waals surface area contributed by atoms with Gasteiger partial charge in [-0.15, -0.1) is 10.2 Å². The normalized spacial score (nSPS) is 24.1. The first-order valence-electron chi connectivity index (χ1n) is 10.1. The zero-order valence-electron chi connectivity index (χ0n) is 17.6. The minimum absolute atomic E-state index is 0.0338. The second-order valence-corrected chi connectivity index (χ2v) is 8.85. The Hall–Kier alpha value is -3.28. The van der Waals surface area contributed by atoms with Gasteiger partial charge in [-0.25, -0.2) is 9.78 Å². The van der Waals surface area contributed by atoms with Crippen LogP contribution in [0.25, 0.3) is 11.2 Å². The van der Waals surface area contributed by atoms with Crippen LogP contribution in [0.15, 0.2) is 23.2 Å². The van der Waals surface area contributed by atoms with E-state index in [0.717, 1.165) is 0 Å². The predicted octanol–water partition coefficient (Wildman–Crippen LogP) is -0.505. The zero-order chi connectivity index (χ0) is 24.7. The smallest absolute Gasteiger partial charge is 0.344 e. The molecule has 1 aliphatic rings. The highest BCUT2D eigenvalue weighted by atomic mass is 35.5. The van der Waals surface area contributed by atoms with Crippen LogP contribution in [0.2, 0.25) is 5.28 Å². The van der Waals surface area contributed by atoms with Gasteiger partial charge >= 0.3 is 5.97 Å². The number of aliphatic hydroxyl groups excluding tert-OH is 2. The maximum atomic E-state index is 12.4. The van der Waals surface area contributed by atoms with Crippen molar-refractivity contribution in [2.75, 3.05) is 12.3 Å². The molecular formula is C18H18ClN9O6S. The van der Waals surface area contributed by atoms with Crippen LogP contribution in [0.4, 0.5) is 5.82 Å². The van der Waals surface area contributed by atoms with E-state index in [0.29, 0.717) is 5.56 Å². The Morgan fingerprint density at radius 3 is 2.89 bits per heavy atom. The number of H-pyrrole nitrogens is 1. The number of nitrogen functional groups attached to an aromatic ring is 1. The van der Waals surface area contributed by atoms with Gasteiger partial charge in [0, 0.05) is 6.42 Å². The van der Waals surface area contributed by atoms with Crippen LogP contribution in [0.3, 0.4) is 0 Å². The molecule has 0 radical (unpaired) electrons. The number of aliphatic hydroxyl groups is 2. The molecule has 0 amide bonds. The molecular weight excluding hydrogens is 506 g/mol. The number of thiophene rings is 1. The number of nitrogens with two attached hydrogens (primary N) is 1. The van der Waals surface area contributed by atoms with Gasteiger partial charge in [0.25, 0.3) is 0 Å². The van der Waals surface area contributed by atoms with E-state index < -0.39 is 42.7 Å². The summed E-state index contributed by atoms with van der Waals surface area (Å²) in [5.74, 6) is -1.54. The molecule has 1 fully saturated rings. The van der Waals surface area contributed by atoms with Crippen LogP contribution in [-0.2, 0) is 26.3 Å². The number of nitrogens with one attached hydrogen (secondary N) is 1. The summed E-state index contributed by atoms with van der Waals surface area (Å²) in [5, 5.41) is 48.2. The number of aliphatic carboxylic acids is 1. The quantitative estimate of drug-likeness (QED) is 0.184. The van der Waals surface area contributed by atoms with Crippen LogP contribution >= 0.6 is 22.9 Å². The average molecular weight is 524 g/mol. The molecule has 0 bridgehead atoms. The summed E-state index contributed by atoms with van der Waals surface area (Å²) in [6.07, 6.45) is -3.94. The van der Waals surface area contributed by atoms with Crippen molar-refractivity contribution in [1.29, 1.82) is 0 Å². The van der Waals surface area contributed by atoms with Gasteiger partial charge in [0.1, 0.15) is 23.8 Å². The molecule has 15 nitrogen and oxygen atoms in total. The number of carboxylic acids is 1. The number of hydrogen-bond donors (Lipinski definition) is 5. The lowest BCUT2D eigenvalue weighted by Crippen LogP contribution is -2.45. The third kappa shape index (κ3) is 4.09. The first kappa shape index (κ1) is 23.5. The van der Waals surface area contributed by atoms with Crippen LogP contribution in [0, 0.1) is 0 Å². The standard InChI is InChI=1S/C18H18ClN9O6S/c19-17-22-12(20)9-13(23-17)28(6-21-9)14-11(30)10(29)8(34-14)4-33-18(16(31)32,15-24-26-27-25-15)3-7-1-2-35-5-7/h1-2,5-6,8,10-11,14,29-30H,3-4H2,(H,31,32)(H2,20,22,23)(H,24,25,26,27)/t8-,10-,11-,14-,18?/m1/s1. The minimum atomic E-state index is -2.03. The molecule has 35 heavy (non-hydrogen) atoms. The fourth-order valence-electron chi connectivity index (χ4n) is 3.86. The number of carboxylic acid groups (broad SMARTS) is 1. The minimum Gasteiger partial charge on any atom is -0.479 e. The summed E-state index contributed by atoms with van der Waals surface area (Å²) in [4.78, 5) is 24.4. The van der Waals surface area contributed by atoms with Gasteiger partial charge in [-0.1, -0.05) is 5.21 Å². The number of rotatable bonds is 8. The Morgan fingerprint density at radius 1 is 1.37 bits per heavy atom. The van der Waals surface area contributed by atoms with E-state index in [1.165, 1.54) is 22.2 Å². The van der Waals surface area contributed by atoms with Crippen molar-refractivity contribution in [3.63, 3.8) is 0 Å². The summed E-state index contributed by atoms with van der Waals surface area (Å²) < 4.78 is 13.0. The van der Waals surface area contributed by atoms with Gasteiger partial charge in [0.15, 0.2) is 17.7 Å². The molecule has 1 aliphatic heterocycles. The lowest BCUT2D eigenvalue weighted by Gasteiger charge is -2.28. The van der Waals surface area contributed by atoms with Gasteiger partial charge < -0.3 is 30.5 Å². The van der Waals surface area contributed by atoms with Crippen molar-refractivity contribution in [2.24, 2.45) is 0 Å². The van der Waals surface area contributed by atoms with E-state index in [9.17, 15) is 20.1 Å². The van der Waals surface area contributed by atoms with Crippen molar-refractivity contribution in [1.82, 2.24) is 40.1 Å². The highest BCUT2D eigenvalue weighted by Crippen LogP contribution is 2.35. The number of carbonyl (C=O) groups is 1. The lowest BCUT2D eigenvalue weighted by atomic mass is 9.94. The Balaban J connectivity index is 1.41. The second kappa shape index (κ2) is 9.06. The SMILES string of the molecule is Nc1nc(Cl)nc2c1ncn2[C@@H]1O[C@H](COC(Cc2ccsc2)(C(=O)O)c2nn[nH]n2)[C@@H](O)[C@H]1O. The van der Waals surface area contributed by atoms with E-state index in [1.54, 1.807) is 16.8 Å². The number of imidazole rings is 1. The molecule has 0 saturated carbocycles. The Labute approximate surface area is 204 Å². The van der Waals surface area contributed by atoms with Crippen molar-refractivity contribution >= 4 is 45.9 Å². The maximum absolute atomic E-state index is 12.4. The fourth-order valence-corrected chi connectivity index (χ4v) is 4.70. The van der Waals surface area contributed by atoms with E-state index in [2.05, 4.69) is 35.6 Å². The van der Waals surface area contributed by atoms with E-state index in [-0.39, 0.29) is 34.5 Å². The summed E-state index contributed by atoms with van der Waals surface area (Å²) in [5.41, 5.74) is 4.89. The van der Waals surface area contributed by atoms with Crippen molar-refractivity contribution in [2.45, 2.75) is 36.6 Å².